The summed E-state index contributed by atoms with van der Waals surface area (Å²) in [5, 5.41) is 4.96. The van der Waals surface area contributed by atoms with Crippen LogP contribution in [0.3, 0.4) is 0 Å². The number of hydrogen-bond acceptors (Lipinski definition) is 2. The van der Waals surface area contributed by atoms with Gasteiger partial charge >= 0.3 is 0 Å². The molecule has 3 nitrogen and oxygen atoms in total. The highest BCUT2D eigenvalue weighted by Gasteiger charge is 2.09. The van der Waals surface area contributed by atoms with E-state index < -0.39 is 0 Å². The molecule has 1 aromatic heterocycles. The van der Waals surface area contributed by atoms with Crippen molar-refractivity contribution in [2.45, 2.75) is 11.8 Å². The maximum absolute atomic E-state index is 5.83. The van der Waals surface area contributed by atoms with E-state index in [0.717, 1.165) is 26.4 Å². The molecule has 0 N–H and O–H groups in total. The van der Waals surface area contributed by atoms with Crippen molar-refractivity contribution in [1.29, 1.82) is 0 Å². The molecule has 0 unspecified atom stereocenters. The first-order valence-corrected chi connectivity index (χ1v) is 8.45. The first-order valence-electron chi connectivity index (χ1n) is 5.74. The first-order chi connectivity index (χ1) is 9.10. The second kappa shape index (κ2) is 6.90. The van der Waals surface area contributed by atoms with Crippen molar-refractivity contribution in [2.24, 2.45) is 7.05 Å². The third-order valence-corrected chi connectivity index (χ3v) is 4.43. The van der Waals surface area contributed by atoms with Gasteiger partial charge in [-0.2, -0.15) is 5.10 Å². The molecule has 2 rings (SSSR count). The fraction of sp³-hybridized carbons (Fsp3) is 0.308. The lowest BCUT2D eigenvalue weighted by molar-refractivity contribution is 0.318. The van der Waals surface area contributed by atoms with Gasteiger partial charge in [0.1, 0.15) is 5.75 Å². The Kier molecular flexibility index (Phi) is 5.47. The SMILES string of the molecule is Cn1cc(CCOc2c(Br)cc(CBr)cc2Br)cn1. The van der Waals surface area contributed by atoms with Gasteiger partial charge in [-0.05, 0) is 55.1 Å². The van der Waals surface area contributed by atoms with Gasteiger partial charge in [0.25, 0.3) is 0 Å². The first kappa shape index (κ1) is 15.1. The second-order valence-corrected chi connectivity index (χ2v) is 6.41. The van der Waals surface area contributed by atoms with Crippen LogP contribution in [-0.2, 0) is 18.8 Å². The van der Waals surface area contributed by atoms with E-state index in [1.54, 1.807) is 4.68 Å². The molecule has 19 heavy (non-hydrogen) atoms. The van der Waals surface area contributed by atoms with Gasteiger partial charge < -0.3 is 4.74 Å². The molecule has 0 radical (unpaired) electrons. The number of hydrogen-bond donors (Lipinski definition) is 0. The fourth-order valence-electron chi connectivity index (χ4n) is 1.70. The molecule has 1 aromatic carbocycles. The van der Waals surface area contributed by atoms with E-state index in [0.29, 0.717) is 6.61 Å². The lowest BCUT2D eigenvalue weighted by Crippen LogP contribution is -2.02. The third-order valence-electron chi connectivity index (χ3n) is 2.61. The summed E-state index contributed by atoms with van der Waals surface area (Å²) in [4.78, 5) is 0. The molecule has 2 aromatic rings. The van der Waals surface area contributed by atoms with E-state index in [-0.39, 0.29) is 0 Å². The van der Waals surface area contributed by atoms with Gasteiger partial charge in [0.05, 0.1) is 21.7 Å². The summed E-state index contributed by atoms with van der Waals surface area (Å²) in [6, 6.07) is 4.11. The molecule has 0 aliphatic rings. The Hall–Kier alpha value is -0.330. The Morgan fingerprint density at radius 3 is 2.42 bits per heavy atom. The molecule has 0 spiro atoms. The Bertz CT molecular complexity index is 546. The largest absolute Gasteiger partial charge is 0.491 e. The molecule has 6 heteroatoms. The maximum atomic E-state index is 5.83. The van der Waals surface area contributed by atoms with E-state index in [1.165, 1.54) is 11.1 Å². The fourth-order valence-corrected chi connectivity index (χ4v) is 3.53. The van der Waals surface area contributed by atoms with Crippen LogP contribution >= 0.6 is 47.8 Å². The van der Waals surface area contributed by atoms with Gasteiger partial charge in [-0.1, -0.05) is 15.9 Å². The van der Waals surface area contributed by atoms with Crippen LogP contribution in [0.4, 0.5) is 0 Å². The van der Waals surface area contributed by atoms with E-state index >= 15 is 0 Å². The summed E-state index contributed by atoms with van der Waals surface area (Å²) < 4.78 is 9.55. The third kappa shape index (κ3) is 4.07. The zero-order chi connectivity index (χ0) is 13.8. The monoisotopic (exact) mass is 450 g/mol. The molecule has 0 saturated heterocycles. The number of halogens is 3. The van der Waals surface area contributed by atoms with Crippen molar-refractivity contribution in [1.82, 2.24) is 9.78 Å². The highest BCUT2D eigenvalue weighted by molar-refractivity contribution is 9.11. The molecule has 0 bridgehead atoms. The van der Waals surface area contributed by atoms with Crippen LogP contribution in [0, 0.1) is 0 Å². The zero-order valence-electron chi connectivity index (χ0n) is 10.4. The van der Waals surface area contributed by atoms with Crippen LogP contribution in [0.25, 0.3) is 0 Å². The predicted molar refractivity (Wildman–Crippen MR) is 86.9 cm³/mol. The summed E-state index contributed by atoms with van der Waals surface area (Å²) in [6.07, 6.45) is 4.70. The van der Waals surface area contributed by atoms with Crippen molar-refractivity contribution < 1.29 is 4.74 Å². The van der Waals surface area contributed by atoms with Crippen molar-refractivity contribution >= 4 is 47.8 Å². The number of benzene rings is 1. The molecular weight excluding hydrogens is 440 g/mol. The minimum atomic E-state index is 0.622. The second-order valence-electron chi connectivity index (χ2n) is 4.14. The normalized spacial score (nSPS) is 10.7. The van der Waals surface area contributed by atoms with Crippen molar-refractivity contribution in [2.75, 3.05) is 6.61 Å². The van der Waals surface area contributed by atoms with E-state index in [1.807, 2.05) is 19.4 Å². The molecule has 0 aliphatic carbocycles. The number of nitrogens with zero attached hydrogens (tertiary/aromatic N) is 2. The molecule has 0 aliphatic heterocycles. The van der Waals surface area contributed by atoms with Crippen LogP contribution in [0.1, 0.15) is 11.1 Å². The summed E-state index contributed by atoms with van der Waals surface area (Å²) in [5.74, 6) is 0.841. The van der Waals surface area contributed by atoms with Crippen molar-refractivity contribution in [3.05, 3.63) is 44.6 Å². The molecule has 0 fully saturated rings. The molecule has 0 saturated carbocycles. The number of aryl methyl sites for hydroxylation is 1. The molecule has 1 heterocycles. The lowest BCUT2D eigenvalue weighted by atomic mass is 10.2. The maximum Gasteiger partial charge on any atom is 0.147 e. The zero-order valence-corrected chi connectivity index (χ0v) is 15.1. The summed E-state index contributed by atoms with van der Waals surface area (Å²) in [7, 11) is 1.91. The highest BCUT2D eigenvalue weighted by atomic mass is 79.9. The van der Waals surface area contributed by atoms with Crippen LogP contribution < -0.4 is 4.74 Å². The van der Waals surface area contributed by atoms with Gasteiger partial charge in [-0.25, -0.2) is 0 Å². The van der Waals surface area contributed by atoms with Crippen molar-refractivity contribution in [3.8, 4) is 5.75 Å². The molecule has 0 amide bonds. The topological polar surface area (TPSA) is 27.1 Å². The number of aromatic nitrogens is 2. The minimum Gasteiger partial charge on any atom is -0.491 e. The van der Waals surface area contributed by atoms with Crippen molar-refractivity contribution in [3.63, 3.8) is 0 Å². The number of alkyl halides is 1. The molecular formula is C13H13Br3N2O. The van der Waals surface area contributed by atoms with E-state index in [2.05, 4.69) is 65.0 Å². The summed E-state index contributed by atoms with van der Waals surface area (Å²) in [5.41, 5.74) is 2.37. The smallest absolute Gasteiger partial charge is 0.147 e. The van der Waals surface area contributed by atoms with Crippen LogP contribution in [0.15, 0.2) is 33.5 Å². The van der Waals surface area contributed by atoms with Crippen LogP contribution in [0.5, 0.6) is 5.75 Å². The van der Waals surface area contributed by atoms with Gasteiger partial charge in [-0.15, -0.1) is 0 Å². The Morgan fingerprint density at radius 2 is 1.89 bits per heavy atom. The van der Waals surface area contributed by atoms with Gasteiger partial charge in [0, 0.05) is 25.0 Å². The highest BCUT2D eigenvalue weighted by Crippen LogP contribution is 2.35. The Morgan fingerprint density at radius 1 is 1.21 bits per heavy atom. The van der Waals surface area contributed by atoms with E-state index in [9.17, 15) is 0 Å². The molecule has 102 valence electrons. The predicted octanol–water partition coefficient (Wildman–Crippen LogP) is 4.46. The lowest BCUT2D eigenvalue weighted by Gasteiger charge is -2.11. The Labute approximate surface area is 137 Å². The quantitative estimate of drug-likeness (QED) is 0.626. The standard InChI is InChI=1S/C13H13Br3N2O/c1-18-8-9(7-17-18)2-3-19-13-11(15)4-10(6-14)5-12(13)16/h4-5,7-8H,2-3,6H2,1H3. The summed E-state index contributed by atoms with van der Waals surface area (Å²) in [6.45, 7) is 0.622. The van der Waals surface area contributed by atoms with Gasteiger partial charge in [-0.3, -0.25) is 4.68 Å². The van der Waals surface area contributed by atoms with Gasteiger partial charge in [0.2, 0.25) is 0 Å². The number of ether oxygens (including phenoxy) is 1. The van der Waals surface area contributed by atoms with Crippen LogP contribution in [0.2, 0.25) is 0 Å². The van der Waals surface area contributed by atoms with Crippen LogP contribution in [-0.4, -0.2) is 16.4 Å². The average molecular weight is 453 g/mol. The minimum absolute atomic E-state index is 0.622. The molecule has 0 atom stereocenters. The van der Waals surface area contributed by atoms with Gasteiger partial charge in [0.15, 0.2) is 0 Å². The number of rotatable bonds is 5. The Balaban J connectivity index is 1.99. The average Bonchev–Trinajstić information content (AvgIpc) is 2.78. The summed E-state index contributed by atoms with van der Waals surface area (Å²) >= 11 is 10.5. The van der Waals surface area contributed by atoms with E-state index in [4.69, 9.17) is 4.74 Å².